The smallest absolute Gasteiger partial charge is 0.245 e. The van der Waals surface area contributed by atoms with Gasteiger partial charge in [0.1, 0.15) is 6.04 Å². The number of carbonyl (C=O) groups is 2. The third-order valence-electron chi connectivity index (χ3n) is 4.32. The highest BCUT2D eigenvalue weighted by atomic mass is 16.2. The van der Waals surface area contributed by atoms with Crippen LogP contribution in [0.25, 0.3) is 0 Å². The number of piperidine rings is 1. The number of carbonyl (C=O) groups excluding carboxylic acids is 2. The van der Waals surface area contributed by atoms with E-state index >= 15 is 0 Å². The second kappa shape index (κ2) is 7.07. The number of hydrogen-bond acceptors (Lipinski definition) is 3. The minimum Gasteiger partial charge on any atom is -0.330 e. The number of piperazine rings is 1. The lowest BCUT2D eigenvalue weighted by atomic mass is 9.98. The van der Waals surface area contributed by atoms with E-state index in [0.717, 1.165) is 45.2 Å². The van der Waals surface area contributed by atoms with Crippen LogP contribution in [-0.4, -0.2) is 59.9 Å². The zero-order valence-electron chi connectivity index (χ0n) is 12.7. The molecule has 5 heteroatoms. The van der Waals surface area contributed by atoms with Gasteiger partial charge in [-0.15, -0.1) is 0 Å². The minimum absolute atomic E-state index is 0.126. The predicted octanol–water partition coefficient (Wildman–Crippen LogP) is 0.988. The van der Waals surface area contributed by atoms with E-state index in [1.54, 1.807) is 9.80 Å². The quantitative estimate of drug-likeness (QED) is 0.790. The zero-order chi connectivity index (χ0) is 14.5. The fourth-order valence-corrected chi connectivity index (χ4v) is 3.35. The van der Waals surface area contributed by atoms with Gasteiger partial charge in [0.2, 0.25) is 11.8 Å². The number of rotatable bonds is 6. The molecule has 2 amide bonds. The van der Waals surface area contributed by atoms with Crippen molar-refractivity contribution in [3.8, 4) is 0 Å². The van der Waals surface area contributed by atoms with Crippen molar-refractivity contribution in [3.63, 3.8) is 0 Å². The summed E-state index contributed by atoms with van der Waals surface area (Å²) in [5.74, 6) is 0.282. The Hall–Kier alpha value is -1.10. The van der Waals surface area contributed by atoms with Gasteiger partial charge in [0.05, 0.1) is 6.54 Å². The summed E-state index contributed by atoms with van der Waals surface area (Å²) in [4.78, 5) is 28.3. The standard InChI is InChI=1S/C15H27N3O2/c1-3-7-12(16-4-2)10-17-11-14(19)18-9-6-5-8-13(18)15(17)20/h12-13,16H,3-11H2,1-2H3. The largest absolute Gasteiger partial charge is 0.330 e. The molecule has 0 spiro atoms. The lowest BCUT2D eigenvalue weighted by Gasteiger charge is -2.43. The van der Waals surface area contributed by atoms with Crippen LogP contribution < -0.4 is 5.32 Å². The fourth-order valence-electron chi connectivity index (χ4n) is 3.35. The third-order valence-corrected chi connectivity index (χ3v) is 4.32. The summed E-state index contributed by atoms with van der Waals surface area (Å²) in [5.41, 5.74) is 0. The first-order valence-corrected chi connectivity index (χ1v) is 7.99. The summed E-state index contributed by atoms with van der Waals surface area (Å²) < 4.78 is 0. The van der Waals surface area contributed by atoms with Crippen molar-refractivity contribution >= 4 is 11.8 Å². The predicted molar refractivity (Wildman–Crippen MR) is 78.3 cm³/mol. The minimum atomic E-state index is -0.186. The summed E-state index contributed by atoms with van der Waals surface area (Å²) in [6, 6.07) is 0.116. The van der Waals surface area contributed by atoms with Crippen molar-refractivity contribution in [2.45, 2.75) is 58.0 Å². The van der Waals surface area contributed by atoms with Crippen LogP contribution in [0, 0.1) is 0 Å². The van der Waals surface area contributed by atoms with Crippen LogP contribution in [0.4, 0.5) is 0 Å². The molecule has 0 aromatic rings. The number of nitrogens with zero attached hydrogens (tertiary/aromatic N) is 2. The monoisotopic (exact) mass is 281 g/mol. The van der Waals surface area contributed by atoms with Gasteiger partial charge in [-0.05, 0) is 32.2 Å². The number of nitrogens with one attached hydrogen (secondary N) is 1. The Morgan fingerprint density at radius 2 is 2.10 bits per heavy atom. The van der Waals surface area contributed by atoms with Crippen LogP contribution in [0.1, 0.15) is 46.0 Å². The Bertz CT molecular complexity index is 353. The summed E-state index contributed by atoms with van der Waals surface area (Å²) in [5, 5.41) is 3.42. The van der Waals surface area contributed by atoms with E-state index in [-0.39, 0.29) is 24.4 Å². The second-order valence-corrected chi connectivity index (χ2v) is 5.86. The average Bonchev–Trinajstić information content (AvgIpc) is 2.45. The van der Waals surface area contributed by atoms with E-state index in [0.29, 0.717) is 12.6 Å². The highest BCUT2D eigenvalue weighted by Crippen LogP contribution is 2.23. The van der Waals surface area contributed by atoms with Crippen LogP contribution in [0.3, 0.4) is 0 Å². The van der Waals surface area contributed by atoms with Crippen LogP contribution >= 0.6 is 0 Å². The molecule has 20 heavy (non-hydrogen) atoms. The maximum absolute atomic E-state index is 12.6. The van der Waals surface area contributed by atoms with Gasteiger partial charge in [-0.25, -0.2) is 0 Å². The SMILES string of the molecule is CCCC(CN1CC(=O)N2CCCCC2C1=O)NCC. The van der Waals surface area contributed by atoms with Crippen LogP contribution in [0.15, 0.2) is 0 Å². The molecule has 0 bridgehead atoms. The molecule has 0 saturated carbocycles. The van der Waals surface area contributed by atoms with E-state index in [2.05, 4.69) is 19.2 Å². The molecule has 2 rings (SSSR count). The molecule has 0 aliphatic carbocycles. The van der Waals surface area contributed by atoms with Crippen molar-refractivity contribution in [1.29, 1.82) is 0 Å². The Balaban J connectivity index is 2.00. The summed E-state index contributed by atoms with van der Waals surface area (Å²) >= 11 is 0. The number of hydrogen-bond donors (Lipinski definition) is 1. The molecule has 2 fully saturated rings. The van der Waals surface area contributed by atoms with Crippen molar-refractivity contribution < 1.29 is 9.59 Å². The highest BCUT2D eigenvalue weighted by molar-refractivity contribution is 5.95. The van der Waals surface area contributed by atoms with Crippen molar-refractivity contribution in [2.24, 2.45) is 0 Å². The zero-order valence-corrected chi connectivity index (χ0v) is 12.7. The second-order valence-electron chi connectivity index (χ2n) is 5.86. The van der Waals surface area contributed by atoms with Crippen molar-refractivity contribution in [1.82, 2.24) is 15.1 Å². The van der Waals surface area contributed by atoms with Gasteiger partial charge in [0, 0.05) is 19.1 Å². The number of fused-ring (bicyclic) bond motifs is 1. The van der Waals surface area contributed by atoms with E-state index in [4.69, 9.17) is 0 Å². The molecule has 1 N–H and O–H groups in total. The number of likely N-dealkylation sites (N-methyl/N-ethyl adjacent to an activating group) is 1. The first-order valence-electron chi connectivity index (χ1n) is 7.99. The van der Waals surface area contributed by atoms with Gasteiger partial charge in [0.25, 0.3) is 0 Å². The maximum Gasteiger partial charge on any atom is 0.245 e. The third kappa shape index (κ3) is 3.32. The molecule has 0 aromatic heterocycles. The van der Waals surface area contributed by atoms with E-state index in [1.165, 1.54) is 0 Å². The van der Waals surface area contributed by atoms with Gasteiger partial charge in [-0.3, -0.25) is 9.59 Å². The summed E-state index contributed by atoms with van der Waals surface area (Å²) in [6.07, 6.45) is 5.05. The lowest BCUT2D eigenvalue weighted by molar-refractivity contribution is -0.158. The van der Waals surface area contributed by atoms with Gasteiger partial charge < -0.3 is 15.1 Å². The summed E-state index contributed by atoms with van der Waals surface area (Å²) in [6.45, 7) is 6.81. The fraction of sp³-hybridized carbons (Fsp3) is 0.867. The van der Waals surface area contributed by atoms with Crippen LogP contribution in [-0.2, 0) is 9.59 Å². The van der Waals surface area contributed by atoms with Gasteiger partial charge >= 0.3 is 0 Å². The molecule has 5 nitrogen and oxygen atoms in total. The Morgan fingerprint density at radius 1 is 1.30 bits per heavy atom. The van der Waals surface area contributed by atoms with E-state index in [9.17, 15) is 9.59 Å². The molecule has 0 aromatic carbocycles. The maximum atomic E-state index is 12.6. The lowest BCUT2D eigenvalue weighted by Crippen LogP contribution is -2.62. The number of amides is 2. The first kappa shape index (κ1) is 15.3. The van der Waals surface area contributed by atoms with Gasteiger partial charge in [-0.2, -0.15) is 0 Å². The van der Waals surface area contributed by atoms with Crippen LogP contribution in [0.2, 0.25) is 0 Å². The molecule has 2 atom stereocenters. The molecule has 0 radical (unpaired) electrons. The van der Waals surface area contributed by atoms with Gasteiger partial charge in [-0.1, -0.05) is 20.3 Å². The van der Waals surface area contributed by atoms with E-state index in [1.807, 2.05) is 0 Å². The Kier molecular flexibility index (Phi) is 5.40. The first-order chi connectivity index (χ1) is 9.67. The molecular weight excluding hydrogens is 254 g/mol. The van der Waals surface area contributed by atoms with Crippen molar-refractivity contribution in [3.05, 3.63) is 0 Å². The van der Waals surface area contributed by atoms with Gasteiger partial charge in [0.15, 0.2) is 0 Å². The molecule has 2 heterocycles. The molecule has 2 saturated heterocycles. The van der Waals surface area contributed by atoms with Crippen LogP contribution in [0.5, 0.6) is 0 Å². The molecule has 2 aliphatic heterocycles. The average molecular weight is 281 g/mol. The highest BCUT2D eigenvalue weighted by Gasteiger charge is 2.40. The normalized spacial score (nSPS) is 24.8. The summed E-state index contributed by atoms with van der Waals surface area (Å²) in [7, 11) is 0. The van der Waals surface area contributed by atoms with E-state index < -0.39 is 0 Å². The molecule has 2 unspecified atom stereocenters. The molecule has 2 aliphatic rings. The topological polar surface area (TPSA) is 52.7 Å². The molecular formula is C15H27N3O2. The van der Waals surface area contributed by atoms with Crippen molar-refractivity contribution in [2.75, 3.05) is 26.2 Å². The Labute approximate surface area is 121 Å². The Morgan fingerprint density at radius 3 is 2.80 bits per heavy atom. The molecule has 114 valence electrons.